The van der Waals surface area contributed by atoms with Crippen LogP contribution in [0, 0.1) is 0 Å². The summed E-state index contributed by atoms with van der Waals surface area (Å²) in [7, 11) is 0.0148. The molecule has 0 radical (unpaired) electrons. The fourth-order valence-electron chi connectivity index (χ4n) is 3.10. The topological polar surface area (TPSA) is 106 Å². The summed E-state index contributed by atoms with van der Waals surface area (Å²) < 4.78 is 27.9. The first-order chi connectivity index (χ1) is 14.0. The molecule has 0 bridgehead atoms. The Kier molecular flexibility index (Phi) is 8.22. The van der Waals surface area contributed by atoms with Crippen molar-refractivity contribution in [3.05, 3.63) is 29.8 Å². The second-order valence-electron chi connectivity index (χ2n) is 8.39. The Morgan fingerprint density at radius 3 is 2.33 bits per heavy atom. The summed E-state index contributed by atoms with van der Waals surface area (Å²) in [6.07, 6.45) is 0. The summed E-state index contributed by atoms with van der Waals surface area (Å²) in [5.74, 6) is 0.273. The number of sulfonamides is 1. The van der Waals surface area contributed by atoms with Crippen LogP contribution in [0.5, 0.6) is 0 Å². The van der Waals surface area contributed by atoms with Gasteiger partial charge in [-0.05, 0) is 39.4 Å². The summed E-state index contributed by atoms with van der Waals surface area (Å²) in [5, 5.41) is 8.91. The van der Waals surface area contributed by atoms with Crippen molar-refractivity contribution in [3.63, 3.8) is 0 Å². The second kappa shape index (κ2) is 10.2. The van der Waals surface area contributed by atoms with E-state index < -0.39 is 10.0 Å². The Balaban J connectivity index is 2.03. The highest BCUT2D eigenvalue weighted by molar-refractivity contribution is 7.89. The lowest BCUT2D eigenvalue weighted by atomic mass is 10.1. The van der Waals surface area contributed by atoms with Gasteiger partial charge in [-0.15, -0.1) is 0 Å². The van der Waals surface area contributed by atoms with Crippen LogP contribution in [-0.2, 0) is 21.4 Å². The number of likely N-dealkylation sites (N-methyl/N-ethyl adjacent to an activating group) is 1. The van der Waals surface area contributed by atoms with Crippen LogP contribution >= 0.6 is 0 Å². The van der Waals surface area contributed by atoms with Gasteiger partial charge in [0.15, 0.2) is 5.96 Å². The van der Waals surface area contributed by atoms with E-state index in [1.165, 1.54) is 4.31 Å². The number of amides is 1. The summed E-state index contributed by atoms with van der Waals surface area (Å²) >= 11 is 0. The van der Waals surface area contributed by atoms with Crippen molar-refractivity contribution in [1.29, 1.82) is 0 Å². The molecule has 1 saturated heterocycles. The number of piperazine rings is 1. The molecule has 0 saturated carbocycles. The zero-order valence-electron chi connectivity index (χ0n) is 18.5. The Bertz CT molecular complexity index is 856. The van der Waals surface area contributed by atoms with Gasteiger partial charge < -0.3 is 20.9 Å². The molecule has 1 heterocycles. The van der Waals surface area contributed by atoms with Crippen LogP contribution in [0.15, 0.2) is 34.2 Å². The van der Waals surface area contributed by atoms with Crippen molar-refractivity contribution in [2.24, 2.45) is 4.99 Å². The van der Waals surface area contributed by atoms with E-state index in [1.807, 2.05) is 33.9 Å². The van der Waals surface area contributed by atoms with Crippen LogP contribution in [0.1, 0.15) is 26.3 Å². The minimum absolute atomic E-state index is 0.0676. The van der Waals surface area contributed by atoms with Gasteiger partial charge in [0.25, 0.3) is 0 Å². The predicted molar refractivity (Wildman–Crippen MR) is 119 cm³/mol. The number of nitrogens with zero attached hydrogens (tertiary/aromatic N) is 3. The van der Waals surface area contributed by atoms with Crippen molar-refractivity contribution in [2.75, 3.05) is 46.8 Å². The highest BCUT2D eigenvalue weighted by Gasteiger charge is 2.29. The van der Waals surface area contributed by atoms with E-state index in [-0.39, 0.29) is 24.5 Å². The van der Waals surface area contributed by atoms with E-state index in [4.69, 9.17) is 0 Å². The normalized spacial score (nSPS) is 16.9. The van der Waals surface area contributed by atoms with E-state index in [1.54, 1.807) is 25.2 Å². The first kappa shape index (κ1) is 24.1. The number of guanidine groups is 1. The molecule has 1 fully saturated rings. The van der Waals surface area contributed by atoms with Crippen LogP contribution in [0.4, 0.5) is 0 Å². The maximum absolute atomic E-state index is 13.2. The zero-order chi connectivity index (χ0) is 22.4. The van der Waals surface area contributed by atoms with E-state index in [0.29, 0.717) is 42.6 Å². The fourth-order valence-corrected chi connectivity index (χ4v) is 4.74. The highest BCUT2D eigenvalue weighted by atomic mass is 32.2. The van der Waals surface area contributed by atoms with Crippen LogP contribution in [0.2, 0.25) is 0 Å². The van der Waals surface area contributed by atoms with Gasteiger partial charge >= 0.3 is 0 Å². The molecule has 1 aliphatic rings. The molecule has 0 atom stereocenters. The quantitative estimate of drug-likeness (QED) is 0.433. The number of aliphatic imine (C=N–C) groups is 1. The maximum Gasteiger partial charge on any atom is 0.243 e. The number of rotatable bonds is 6. The first-order valence-electron chi connectivity index (χ1n) is 10.0. The molecular weight excluding hydrogens is 404 g/mol. The van der Waals surface area contributed by atoms with Gasteiger partial charge in [0.05, 0.1) is 11.4 Å². The Morgan fingerprint density at radius 2 is 1.73 bits per heavy atom. The van der Waals surface area contributed by atoms with Gasteiger partial charge in [0, 0.05) is 45.3 Å². The molecule has 10 heteroatoms. The number of hydrogen-bond acceptors (Lipinski definition) is 5. The average Bonchev–Trinajstić information content (AvgIpc) is 2.67. The molecule has 2 rings (SSSR count). The lowest BCUT2D eigenvalue weighted by Gasteiger charge is -2.32. The molecule has 0 unspecified atom stereocenters. The van der Waals surface area contributed by atoms with Crippen LogP contribution in [0.25, 0.3) is 0 Å². The fraction of sp³-hybridized carbons (Fsp3) is 0.600. The SMILES string of the molecule is CN=C(NCC(=O)NC(C)(C)C)NCc1ccccc1S(=O)(=O)N1CCN(C)CC1. The third kappa shape index (κ3) is 6.96. The molecule has 9 nitrogen and oxygen atoms in total. The lowest BCUT2D eigenvalue weighted by molar-refractivity contribution is -0.121. The van der Waals surface area contributed by atoms with Crippen molar-refractivity contribution < 1.29 is 13.2 Å². The average molecular weight is 439 g/mol. The molecular formula is C20H34N6O3S. The molecule has 0 aliphatic carbocycles. The number of nitrogens with one attached hydrogen (secondary N) is 3. The molecule has 0 spiro atoms. The molecule has 168 valence electrons. The maximum atomic E-state index is 13.2. The summed E-state index contributed by atoms with van der Waals surface area (Å²) in [6.45, 7) is 8.46. The van der Waals surface area contributed by atoms with Crippen molar-refractivity contribution in [3.8, 4) is 0 Å². The summed E-state index contributed by atoms with van der Waals surface area (Å²) in [6, 6.07) is 6.97. The van der Waals surface area contributed by atoms with E-state index in [0.717, 1.165) is 0 Å². The van der Waals surface area contributed by atoms with Crippen LogP contribution in [-0.4, -0.2) is 81.8 Å². The third-order valence-corrected chi connectivity index (χ3v) is 6.65. The molecule has 1 aromatic carbocycles. The van der Waals surface area contributed by atoms with Gasteiger partial charge in [0.2, 0.25) is 15.9 Å². The third-order valence-electron chi connectivity index (χ3n) is 4.65. The number of hydrogen-bond donors (Lipinski definition) is 3. The van der Waals surface area contributed by atoms with Crippen molar-refractivity contribution in [1.82, 2.24) is 25.2 Å². The minimum atomic E-state index is -3.57. The Labute approximate surface area is 180 Å². The first-order valence-corrected chi connectivity index (χ1v) is 11.5. The number of benzene rings is 1. The predicted octanol–water partition coefficient (Wildman–Crippen LogP) is 0.202. The summed E-state index contributed by atoms with van der Waals surface area (Å²) in [4.78, 5) is 18.5. The summed E-state index contributed by atoms with van der Waals surface area (Å²) in [5.41, 5.74) is 0.338. The van der Waals surface area contributed by atoms with Crippen LogP contribution in [0.3, 0.4) is 0 Å². The molecule has 1 aromatic rings. The van der Waals surface area contributed by atoms with E-state index >= 15 is 0 Å². The van der Waals surface area contributed by atoms with Crippen molar-refractivity contribution >= 4 is 21.9 Å². The van der Waals surface area contributed by atoms with E-state index in [9.17, 15) is 13.2 Å². The lowest BCUT2D eigenvalue weighted by Crippen LogP contribution is -2.48. The van der Waals surface area contributed by atoms with Gasteiger partial charge in [-0.25, -0.2) is 8.42 Å². The monoisotopic (exact) mass is 438 g/mol. The zero-order valence-corrected chi connectivity index (χ0v) is 19.3. The molecule has 0 aromatic heterocycles. The van der Waals surface area contributed by atoms with Gasteiger partial charge in [-0.2, -0.15) is 4.31 Å². The van der Waals surface area contributed by atoms with Gasteiger partial charge in [-0.1, -0.05) is 18.2 Å². The van der Waals surface area contributed by atoms with Crippen LogP contribution < -0.4 is 16.0 Å². The molecule has 1 aliphatic heterocycles. The number of carbonyl (C=O) groups excluding carboxylic acids is 1. The Morgan fingerprint density at radius 1 is 1.10 bits per heavy atom. The van der Waals surface area contributed by atoms with E-state index in [2.05, 4.69) is 25.8 Å². The molecule has 30 heavy (non-hydrogen) atoms. The number of carbonyl (C=O) groups is 1. The molecule has 3 N–H and O–H groups in total. The molecule has 1 amide bonds. The Hall–Kier alpha value is -2.17. The largest absolute Gasteiger partial charge is 0.352 e. The second-order valence-corrected chi connectivity index (χ2v) is 10.3. The van der Waals surface area contributed by atoms with Crippen molar-refractivity contribution in [2.45, 2.75) is 37.8 Å². The van der Waals surface area contributed by atoms with Gasteiger partial charge in [0.1, 0.15) is 0 Å². The smallest absolute Gasteiger partial charge is 0.243 e. The van der Waals surface area contributed by atoms with Gasteiger partial charge in [-0.3, -0.25) is 9.79 Å². The minimum Gasteiger partial charge on any atom is -0.352 e. The highest BCUT2D eigenvalue weighted by Crippen LogP contribution is 2.21. The standard InChI is InChI=1S/C20H34N6O3S/c1-20(2,3)24-18(27)15-23-19(21-4)22-14-16-8-6-7-9-17(16)30(28,29)26-12-10-25(5)11-13-26/h6-9H,10-15H2,1-5H3,(H,24,27)(H2,21,22,23).